The van der Waals surface area contributed by atoms with Crippen LogP contribution in [-0.4, -0.2) is 39.3 Å². The number of aryl methyl sites for hydroxylation is 1. The average Bonchev–Trinajstić information content (AvgIpc) is 3.34. The molecule has 0 spiro atoms. The second-order valence-electron chi connectivity index (χ2n) is 7.48. The van der Waals surface area contributed by atoms with Gasteiger partial charge in [-0.25, -0.2) is 0 Å². The van der Waals surface area contributed by atoms with Gasteiger partial charge in [0.1, 0.15) is 0 Å². The van der Waals surface area contributed by atoms with Crippen molar-refractivity contribution in [2.75, 3.05) is 19.6 Å². The van der Waals surface area contributed by atoms with E-state index in [1.54, 1.807) is 18.3 Å². The summed E-state index contributed by atoms with van der Waals surface area (Å²) in [6.07, 6.45) is -0.761. The molecule has 1 fully saturated rings. The Bertz CT molecular complexity index is 995. The van der Waals surface area contributed by atoms with Crippen LogP contribution < -0.4 is 0 Å². The molecule has 3 aromatic rings. The minimum absolute atomic E-state index is 0.157. The molecule has 4 rings (SSSR count). The summed E-state index contributed by atoms with van der Waals surface area (Å²) in [5.41, 5.74) is 2.44. The van der Waals surface area contributed by atoms with Crippen LogP contribution in [0.5, 0.6) is 0 Å². The van der Waals surface area contributed by atoms with E-state index in [-0.39, 0.29) is 12.0 Å². The highest BCUT2D eigenvalue weighted by Gasteiger charge is 2.41. The predicted molar refractivity (Wildman–Crippen MR) is 106 cm³/mol. The van der Waals surface area contributed by atoms with Gasteiger partial charge >= 0.3 is 6.18 Å². The molecule has 0 aliphatic carbocycles. The van der Waals surface area contributed by atoms with Crippen molar-refractivity contribution in [3.05, 3.63) is 71.7 Å². The van der Waals surface area contributed by atoms with Crippen molar-refractivity contribution in [1.29, 1.82) is 0 Å². The monoisotopic (exact) mass is 400 g/mol. The lowest BCUT2D eigenvalue weighted by Crippen LogP contribution is -2.21. The Labute approximate surface area is 168 Å². The van der Waals surface area contributed by atoms with Gasteiger partial charge in [-0.15, -0.1) is 0 Å². The van der Waals surface area contributed by atoms with Crippen molar-refractivity contribution in [1.82, 2.24) is 19.7 Å². The fourth-order valence-corrected chi connectivity index (χ4v) is 4.16. The largest absolute Gasteiger partial charge is 0.416 e. The summed E-state index contributed by atoms with van der Waals surface area (Å²) in [7, 11) is 0. The van der Waals surface area contributed by atoms with Gasteiger partial charge in [-0.2, -0.15) is 18.3 Å². The number of nitrogens with zero attached hydrogens (tertiary/aromatic N) is 4. The molecule has 0 unspecified atom stereocenters. The molecule has 3 heterocycles. The summed E-state index contributed by atoms with van der Waals surface area (Å²) in [6.45, 7) is 5.99. The molecule has 0 radical (unpaired) electrons. The molecule has 1 saturated heterocycles. The molecule has 2 atom stereocenters. The van der Waals surface area contributed by atoms with Gasteiger partial charge in [0.05, 0.1) is 17.3 Å². The third-order valence-corrected chi connectivity index (χ3v) is 5.62. The Kier molecular flexibility index (Phi) is 5.17. The maximum absolute atomic E-state index is 13.6. The molecular weight excluding hydrogens is 377 g/mol. The van der Waals surface area contributed by atoms with Crippen molar-refractivity contribution in [2.24, 2.45) is 0 Å². The van der Waals surface area contributed by atoms with E-state index in [0.717, 1.165) is 23.5 Å². The smallest absolute Gasteiger partial charge is 0.301 e. The van der Waals surface area contributed by atoms with Gasteiger partial charge < -0.3 is 4.90 Å². The van der Waals surface area contributed by atoms with Crippen LogP contribution in [0.1, 0.15) is 35.7 Å². The molecule has 7 heteroatoms. The van der Waals surface area contributed by atoms with Gasteiger partial charge in [0.2, 0.25) is 0 Å². The maximum atomic E-state index is 13.6. The number of aromatic nitrogens is 3. The normalized spacial score (nSPS) is 20.3. The predicted octanol–water partition coefficient (Wildman–Crippen LogP) is 4.93. The van der Waals surface area contributed by atoms with Crippen LogP contribution in [0.3, 0.4) is 0 Å². The van der Waals surface area contributed by atoms with Crippen LogP contribution in [0.15, 0.2) is 54.9 Å². The van der Waals surface area contributed by atoms with Crippen molar-refractivity contribution < 1.29 is 13.2 Å². The molecular formula is C22H23F3N4. The third kappa shape index (κ3) is 3.92. The lowest BCUT2D eigenvalue weighted by molar-refractivity contribution is -0.138. The first kappa shape index (κ1) is 19.6. The molecule has 29 heavy (non-hydrogen) atoms. The summed E-state index contributed by atoms with van der Waals surface area (Å²) in [6, 6.07) is 11.5. The quantitative estimate of drug-likeness (QED) is 0.623. The highest BCUT2D eigenvalue weighted by Crippen LogP contribution is 2.42. The van der Waals surface area contributed by atoms with Gasteiger partial charge in [-0.05, 0) is 43.3 Å². The Hall–Kier alpha value is -2.67. The van der Waals surface area contributed by atoms with Gasteiger partial charge in [0.25, 0.3) is 0 Å². The summed E-state index contributed by atoms with van der Waals surface area (Å²) >= 11 is 0. The summed E-state index contributed by atoms with van der Waals surface area (Å²) in [5.74, 6) is -0.278. The number of pyridine rings is 1. The van der Waals surface area contributed by atoms with Crippen LogP contribution in [0.2, 0.25) is 0 Å². The summed E-state index contributed by atoms with van der Waals surface area (Å²) in [4.78, 5) is 6.39. The van der Waals surface area contributed by atoms with Crippen molar-refractivity contribution in [3.8, 4) is 11.3 Å². The SMILES string of the molecule is CCN1C[C@@H](n2ccc(-c3ccnc(C)c3)n2)[C@H](c2ccccc2C(F)(F)F)C1. The summed E-state index contributed by atoms with van der Waals surface area (Å²) in [5, 5.41) is 4.72. The number of halogens is 3. The molecule has 1 aromatic carbocycles. The van der Waals surface area contributed by atoms with E-state index in [9.17, 15) is 13.2 Å². The molecule has 0 saturated carbocycles. The number of hydrogen-bond donors (Lipinski definition) is 0. The third-order valence-electron chi connectivity index (χ3n) is 5.62. The molecule has 0 amide bonds. The van der Waals surface area contributed by atoms with Crippen LogP contribution in [0.25, 0.3) is 11.3 Å². The second kappa shape index (κ2) is 7.63. The highest BCUT2D eigenvalue weighted by atomic mass is 19.4. The molecule has 2 aromatic heterocycles. The number of benzene rings is 1. The lowest BCUT2D eigenvalue weighted by atomic mass is 9.90. The van der Waals surface area contributed by atoms with Crippen LogP contribution in [0, 0.1) is 6.92 Å². The molecule has 0 bridgehead atoms. The maximum Gasteiger partial charge on any atom is 0.416 e. The molecule has 0 N–H and O–H groups in total. The van der Waals surface area contributed by atoms with Gasteiger partial charge in [-0.1, -0.05) is 25.1 Å². The Morgan fingerprint density at radius 2 is 1.90 bits per heavy atom. The number of likely N-dealkylation sites (tertiary alicyclic amines) is 1. The number of hydrogen-bond acceptors (Lipinski definition) is 3. The van der Waals surface area contributed by atoms with E-state index in [2.05, 4.69) is 9.88 Å². The Balaban J connectivity index is 1.72. The van der Waals surface area contributed by atoms with E-state index in [4.69, 9.17) is 5.10 Å². The van der Waals surface area contributed by atoms with Crippen molar-refractivity contribution >= 4 is 0 Å². The zero-order valence-electron chi connectivity index (χ0n) is 16.4. The molecule has 1 aliphatic heterocycles. The first-order valence-electron chi connectivity index (χ1n) is 9.73. The van der Waals surface area contributed by atoms with E-state index in [1.807, 2.05) is 42.9 Å². The van der Waals surface area contributed by atoms with Gasteiger partial charge in [0.15, 0.2) is 0 Å². The van der Waals surface area contributed by atoms with Crippen LogP contribution >= 0.6 is 0 Å². The average molecular weight is 400 g/mol. The zero-order chi connectivity index (χ0) is 20.6. The van der Waals surface area contributed by atoms with Crippen LogP contribution in [0.4, 0.5) is 13.2 Å². The van der Waals surface area contributed by atoms with E-state index in [0.29, 0.717) is 18.7 Å². The Morgan fingerprint density at radius 1 is 1.10 bits per heavy atom. The zero-order valence-corrected chi connectivity index (χ0v) is 16.4. The van der Waals surface area contributed by atoms with E-state index < -0.39 is 11.7 Å². The molecule has 152 valence electrons. The van der Waals surface area contributed by atoms with Crippen molar-refractivity contribution in [3.63, 3.8) is 0 Å². The summed E-state index contributed by atoms with van der Waals surface area (Å²) < 4.78 is 42.7. The second-order valence-corrected chi connectivity index (χ2v) is 7.48. The minimum atomic E-state index is -4.37. The molecule has 4 nitrogen and oxygen atoms in total. The minimum Gasteiger partial charge on any atom is -0.301 e. The topological polar surface area (TPSA) is 34.0 Å². The van der Waals surface area contributed by atoms with Crippen molar-refractivity contribution in [2.45, 2.75) is 32.0 Å². The number of alkyl halides is 3. The number of likely N-dealkylation sites (N-methyl/N-ethyl adjacent to an activating group) is 1. The number of rotatable bonds is 4. The van der Waals surface area contributed by atoms with E-state index >= 15 is 0 Å². The van der Waals surface area contributed by atoms with Crippen LogP contribution in [-0.2, 0) is 6.18 Å². The fourth-order valence-electron chi connectivity index (χ4n) is 4.16. The lowest BCUT2D eigenvalue weighted by Gasteiger charge is -2.23. The van der Waals surface area contributed by atoms with Gasteiger partial charge in [0, 0.05) is 42.7 Å². The fraction of sp³-hybridized carbons (Fsp3) is 0.364. The van der Waals surface area contributed by atoms with E-state index in [1.165, 1.54) is 12.1 Å². The van der Waals surface area contributed by atoms with Gasteiger partial charge in [-0.3, -0.25) is 9.67 Å². The highest BCUT2D eigenvalue weighted by molar-refractivity contribution is 5.58. The first-order valence-corrected chi connectivity index (χ1v) is 9.73. The molecule has 1 aliphatic rings. The Morgan fingerprint density at radius 3 is 2.62 bits per heavy atom. The first-order chi connectivity index (χ1) is 13.9. The standard InChI is InChI=1S/C22H23F3N4/c1-3-28-13-18(17-6-4-5-7-19(17)22(23,24)25)21(14-28)29-11-9-20(27-29)16-8-10-26-15(2)12-16/h4-12,18,21H,3,13-14H2,1-2H3/t18-,21+/m0/s1.